The van der Waals surface area contributed by atoms with Gasteiger partial charge >= 0.3 is 0 Å². The van der Waals surface area contributed by atoms with Crippen LogP contribution in [0.15, 0.2) is 60.7 Å². The van der Waals surface area contributed by atoms with E-state index in [2.05, 4.69) is 0 Å². The molecule has 0 aliphatic carbocycles. The van der Waals surface area contributed by atoms with Crippen LogP contribution in [0.1, 0.15) is 31.4 Å². The van der Waals surface area contributed by atoms with Crippen molar-refractivity contribution >= 4 is 18.3 Å². The van der Waals surface area contributed by atoms with Gasteiger partial charge in [0.15, 0.2) is 0 Å². The van der Waals surface area contributed by atoms with Crippen LogP contribution < -0.4 is 10.5 Å². The number of carbonyl (C=O) groups excluding carboxylic acids is 1. The van der Waals surface area contributed by atoms with Crippen LogP contribution in [0.5, 0.6) is 5.75 Å². The zero-order chi connectivity index (χ0) is 17.6. The van der Waals surface area contributed by atoms with Gasteiger partial charge in [0, 0.05) is 24.7 Å². The second-order valence-electron chi connectivity index (χ2n) is 6.74. The Labute approximate surface area is 161 Å². The van der Waals surface area contributed by atoms with Gasteiger partial charge in [-0.25, -0.2) is 0 Å². The number of amides is 1. The number of ether oxygens (including phenoxy) is 1. The number of likely N-dealkylation sites (tertiary alicyclic amines) is 1. The van der Waals surface area contributed by atoms with Crippen molar-refractivity contribution in [3.8, 4) is 5.75 Å². The van der Waals surface area contributed by atoms with Crippen molar-refractivity contribution in [2.75, 3.05) is 13.1 Å². The average molecular weight is 375 g/mol. The van der Waals surface area contributed by atoms with Gasteiger partial charge in [-0.15, -0.1) is 12.4 Å². The SMILES string of the molecule is CC(N)C1CCN(C(=O)C(Oc2ccccc2)c2ccccc2)CC1.Cl. The summed E-state index contributed by atoms with van der Waals surface area (Å²) < 4.78 is 6.07. The molecule has 0 aromatic heterocycles. The van der Waals surface area contributed by atoms with Gasteiger partial charge in [-0.05, 0) is 37.8 Å². The molecule has 140 valence electrons. The Hall–Kier alpha value is -2.04. The van der Waals surface area contributed by atoms with Crippen LogP contribution in [0.4, 0.5) is 0 Å². The van der Waals surface area contributed by atoms with Gasteiger partial charge in [0.05, 0.1) is 0 Å². The third-order valence-electron chi connectivity index (χ3n) is 4.92. The van der Waals surface area contributed by atoms with Crippen molar-refractivity contribution in [2.24, 2.45) is 11.7 Å². The topological polar surface area (TPSA) is 55.6 Å². The molecule has 1 fully saturated rings. The first-order chi connectivity index (χ1) is 12.1. The first-order valence-corrected chi connectivity index (χ1v) is 8.96. The van der Waals surface area contributed by atoms with E-state index in [4.69, 9.17) is 10.5 Å². The van der Waals surface area contributed by atoms with E-state index < -0.39 is 6.10 Å². The summed E-state index contributed by atoms with van der Waals surface area (Å²) in [7, 11) is 0. The molecule has 2 unspecified atom stereocenters. The Kier molecular flexibility index (Phi) is 7.49. The molecule has 0 bridgehead atoms. The lowest BCUT2D eigenvalue weighted by Crippen LogP contribution is -2.45. The summed E-state index contributed by atoms with van der Waals surface area (Å²) in [6.07, 6.45) is 1.29. The number of carbonyl (C=O) groups is 1. The van der Waals surface area contributed by atoms with E-state index >= 15 is 0 Å². The van der Waals surface area contributed by atoms with Crippen LogP contribution in [0, 0.1) is 5.92 Å². The normalized spacial score (nSPS) is 17.1. The number of piperidine rings is 1. The fraction of sp³-hybridized carbons (Fsp3) is 0.381. The van der Waals surface area contributed by atoms with Gasteiger partial charge in [0.25, 0.3) is 5.91 Å². The minimum atomic E-state index is -0.615. The van der Waals surface area contributed by atoms with Crippen LogP contribution in [0.3, 0.4) is 0 Å². The van der Waals surface area contributed by atoms with Crippen LogP contribution in [-0.2, 0) is 4.79 Å². The van der Waals surface area contributed by atoms with Crippen molar-refractivity contribution < 1.29 is 9.53 Å². The maximum absolute atomic E-state index is 13.1. The van der Waals surface area contributed by atoms with Gasteiger partial charge in [-0.2, -0.15) is 0 Å². The number of hydrogen-bond acceptors (Lipinski definition) is 3. The molecule has 2 aromatic rings. The number of halogens is 1. The van der Waals surface area contributed by atoms with Gasteiger partial charge in [0.2, 0.25) is 6.10 Å². The highest BCUT2D eigenvalue weighted by Gasteiger charge is 2.31. The Bertz CT molecular complexity index is 671. The van der Waals surface area contributed by atoms with E-state index in [-0.39, 0.29) is 24.4 Å². The summed E-state index contributed by atoms with van der Waals surface area (Å²) in [5.74, 6) is 1.22. The molecule has 0 radical (unpaired) electrons. The van der Waals surface area contributed by atoms with Gasteiger partial charge < -0.3 is 15.4 Å². The highest BCUT2D eigenvalue weighted by molar-refractivity contribution is 5.85. The summed E-state index contributed by atoms with van der Waals surface area (Å²) in [5.41, 5.74) is 6.89. The average Bonchev–Trinajstić information content (AvgIpc) is 2.67. The number of nitrogens with two attached hydrogens (primary N) is 1. The standard InChI is InChI=1S/C21H26N2O2.ClH/c1-16(22)17-12-14-23(15-13-17)21(24)20(18-8-4-2-5-9-18)25-19-10-6-3-7-11-19;/h2-11,16-17,20H,12-15,22H2,1H3;1H. The molecule has 2 aromatic carbocycles. The summed E-state index contributed by atoms with van der Waals surface area (Å²) >= 11 is 0. The van der Waals surface area contributed by atoms with E-state index in [9.17, 15) is 4.79 Å². The monoisotopic (exact) mass is 374 g/mol. The molecule has 0 saturated carbocycles. The molecule has 1 amide bonds. The van der Waals surface area contributed by atoms with Crippen molar-refractivity contribution in [3.05, 3.63) is 66.2 Å². The smallest absolute Gasteiger partial charge is 0.268 e. The second kappa shape index (κ2) is 9.60. The molecule has 26 heavy (non-hydrogen) atoms. The minimum absolute atomic E-state index is 0. The quantitative estimate of drug-likeness (QED) is 0.865. The third kappa shape index (κ3) is 4.99. The Morgan fingerprint density at radius 3 is 2.12 bits per heavy atom. The molecule has 1 saturated heterocycles. The molecule has 5 heteroatoms. The first kappa shape index (κ1) is 20.3. The van der Waals surface area contributed by atoms with Crippen molar-refractivity contribution in [2.45, 2.75) is 31.9 Å². The van der Waals surface area contributed by atoms with E-state index in [1.54, 1.807) is 0 Å². The lowest BCUT2D eigenvalue weighted by atomic mass is 9.90. The van der Waals surface area contributed by atoms with Crippen LogP contribution in [0.2, 0.25) is 0 Å². The van der Waals surface area contributed by atoms with Crippen molar-refractivity contribution in [3.63, 3.8) is 0 Å². The molecule has 4 nitrogen and oxygen atoms in total. The highest BCUT2D eigenvalue weighted by Crippen LogP contribution is 2.27. The molecule has 0 spiro atoms. The lowest BCUT2D eigenvalue weighted by Gasteiger charge is -2.35. The number of benzene rings is 2. The molecule has 2 atom stereocenters. The Balaban J connectivity index is 0.00000243. The Morgan fingerprint density at radius 2 is 1.58 bits per heavy atom. The van der Waals surface area contributed by atoms with Gasteiger partial charge in [-0.3, -0.25) is 4.79 Å². The van der Waals surface area contributed by atoms with Crippen LogP contribution in [-0.4, -0.2) is 29.9 Å². The van der Waals surface area contributed by atoms with Crippen molar-refractivity contribution in [1.82, 2.24) is 4.90 Å². The summed E-state index contributed by atoms with van der Waals surface area (Å²) in [5, 5.41) is 0. The van der Waals surface area contributed by atoms with Gasteiger partial charge in [-0.1, -0.05) is 48.5 Å². The molecular formula is C21H27ClN2O2. The fourth-order valence-electron chi connectivity index (χ4n) is 3.34. The number of rotatable bonds is 5. The maximum atomic E-state index is 13.1. The zero-order valence-corrected chi connectivity index (χ0v) is 15.9. The predicted molar refractivity (Wildman–Crippen MR) is 106 cm³/mol. The molecular weight excluding hydrogens is 348 g/mol. The molecule has 2 N–H and O–H groups in total. The van der Waals surface area contributed by atoms with Gasteiger partial charge in [0.1, 0.15) is 5.75 Å². The molecule has 1 heterocycles. The predicted octanol–water partition coefficient (Wildman–Crippen LogP) is 3.81. The third-order valence-corrected chi connectivity index (χ3v) is 4.92. The fourth-order valence-corrected chi connectivity index (χ4v) is 3.34. The summed E-state index contributed by atoms with van der Waals surface area (Å²) in [6, 6.07) is 19.4. The molecule has 3 rings (SSSR count). The number of para-hydroxylation sites is 1. The molecule has 1 aliphatic rings. The van der Waals surface area contributed by atoms with Crippen LogP contribution in [0.25, 0.3) is 0 Å². The second-order valence-corrected chi connectivity index (χ2v) is 6.74. The maximum Gasteiger partial charge on any atom is 0.268 e. The Morgan fingerprint density at radius 1 is 1.04 bits per heavy atom. The van der Waals surface area contributed by atoms with Crippen LogP contribution >= 0.6 is 12.4 Å². The van der Waals surface area contributed by atoms with E-state index in [0.29, 0.717) is 11.7 Å². The minimum Gasteiger partial charge on any atom is -0.476 e. The summed E-state index contributed by atoms with van der Waals surface area (Å²) in [6.45, 7) is 3.53. The highest BCUT2D eigenvalue weighted by atomic mass is 35.5. The summed E-state index contributed by atoms with van der Waals surface area (Å²) in [4.78, 5) is 15.1. The van der Waals surface area contributed by atoms with E-state index in [0.717, 1.165) is 31.5 Å². The number of nitrogens with zero attached hydrogens (tertiary/aromatic N) is 1. The molecule has 1 aliphatic heterocycles. The first-order valence-electron chi connectivity index (χ1n) is 8.96. The number of hydrogen-bond donors (Lipinski definition) is 1. The largest absolute Gasteiger partial charge is 0.476 e. The lowest BCUT2D eigenvalue weighted by molar-refractivity contribution is -0.140. The zero-order valence-electron chi connectivity index (χ0n) is 15.1. The van der Waals surface area contributed by atoms with Crippen molar-refractivity contribution in [1.29, 1.82) is 0 Å². The van der Waals surface area contributed by atoms with E-state index in [1.165, 1.54) is 0 Å². The van der Waals surface area contributed by atoms with E-state index in [1.807, 2.05) is 72.5 Å².